The summed E-state index contributed by atoms with van der Waals surface area (Å²) in [5.41, 5.74) is 3.34. The van der Waals surface area contributed by atoms with Crippen LogP contribution in [0.3, 0.4) is 0 Å². The van der Waals surface area contributed by atoms with Crippen molar-refractivity contribution in [1.29, 1.82) is 0 Å². The van der Waals surface area contributed by atoms with E-state index < -0.39 is 0 Å². The second-order valence-corrected chi connectivity index (χ2v) is 4.40. The zero-order valence-electron chi connectivity index (χ0n) is 9.30. The van der Waals surface area contributed by atoms with Crippen LogP contribution in [-0.4, -0.2) is 14.7 Å². The Bertz CT molecular complexity index is 709. The van der Waals surface area contributed by atoms with Gasteiger partial charge in [-0.05, 0) is 36.8 Å². The molecule has 0 bridgehead atoms. The Labute approximate surface area is 103 Å². The van der Waals surface area contributed by atoms with Gasteiger partial charge in [-0.15, -0.1) is 0 Å². The van der Waals surface area contributed by atoms with E-state index in [4.69, 9.17) is 16.7 Å². The number of hydrogen-bond acceptors (Lipinski definition) is 3. The minimum atomic E-state index is 0.599. The third kappa shape index (κ3) is 1.78. The number of aromatic nitrogens is 3. The van der Waals surface area contributed by atoms with Gasteiger partial charge in [0.05, 0.1) is 23.8 Å². The Morgan fingerprint density at radius 3 is 3.06 bits per heavy atom. The van der Waals surface area contributed by atoms with Gasteiger partial charge in [0.1, 0.15) is 0 Å². The van der Waals surface area contributed by atoms with Crippen molar-refractivity contribution < 1.29 is 4.52 Å². The molecule has 2 aromatic heterocycles. The van der Waals surface area contributed by atoms with Crippen LogP contribution in [0.25, 0.3) is 11.0 Å². The number of nitrogens with one attached hydrogen (secondary N) is 1. The molecule has 0 saturated carbocycles. The number of aryl methyl sites for hydroxylation is 1. The summed E-state index contributed by atoms with van der Waals surface area (Å²) in [6.45, 7) is 2.66. The fraction of sp³-hybridized carbons (Fsp3) is 0.167. The van der Waals surface area contributed by atoms with Crippen LogP contribution in [0, 0.1) is 11.7 Å². The molecular weight excluding hydrogens is 234 g/mol. The first-order valence-electron chi connectivity index (χ1n) is 5.33. The molecule has 5 heteroatoms. The molecule has 0 radical (unpaired) electrons. The van der Waals surface area contributed by atoms with Crippen LogP contribution in [0.2, 0.25) is 0 Å². The molecule has 0 spiro atoms. The number of benzene rings is 1. The topological polar surface area (TPSA) is 46.8 Å². The van der Waals surface area contributed by atoms with Crippen LogP contribution in [0.1, 0.15) is 11.3 Å². The molecule has 3 aromatic rings. The van der Waals surface area contributed by atoms with Crippen molar-refractivity contribution in [3.05, 3.63) is 46.6 Å². The molecule has 0 aliphatic rings. The van der Waals surface area contributed by atoms with Crippen LogP contribution in [0.15, 0.2) is 35.0 Å². The smallest absolute Gasteiger partial charge is 0.178 e. The fourth-order valence-corrected chi connectivity index (χ4v) is 2.17. The molecule has 0 saturated heterocycles. The minimum Gasteiger partial charge on any atom is -0.359 e. The van der Waals surface area contributed by atoms with E-state index in [-0.39, 0.29) is 0 Å². The van der Waals surface area contributed by atoms with Gasteiger partial charge in [0.15, 0.2) is 10.5 Å². The predicted octanol–water partition coefficient (Wildman–Crippen LogP) is 3.04. The molecule has 1 aromatic carbocycles. The van der Waals surface area contributed by atoms with E-state index in [1.54, 1.807) is 6.20 Å². The molecule has 0 atom stereocenters. The van der Waals surface area contributed by atoms with Crippen molar-refractivity contribution in [1.82, 2.24) is 14.7 Å². The Hall–Kier alpha value is -1.88. The van der Waals surface area contributed by atoms with E-state index in [0.29, 0.717) is 11.3 Å². The first-order chi connectivity index (χ1) is 8.24. The number of hydrogen-bond donors (Lipinski definition) is 1. The normalized spacial score (nSPS) is 11.1. The van der Waals surface area contributed by atoms with E-state index >= 15 is 0 Å². The van der Waals surface area contributed by atoms with Gasteiger partial charge in [0.2, 0.25) is 0 Å². The van der Waals surface area contributed by atoms with Crippen molar-refractivity contribution in [3.8, 4) is 0 Å². The number of aromatic amines is 1. The first kappa shape index (κ1) is 10.3. The van der Waals surface area contributed by atoms with Crippen molar-refractivity contribution >= 4 is 23.3 Å². The lowest BCUT2D eigenvalue weighted by atomic mass is 10.2. The molecular formula is C12H11N3OS. The molecule has 86 valence electrons. The van der Waals surface area contributed by atoms with Crippen molar-refractivity contribution in [2.24, 2.45) is 0 Å². The van der Waals surface area contributed by atoms with Crippen LogP contribution in [-0.2, 0) is 6.54 Å². The zero-order valence-corrected chi connectivity index (χ0v) is 10.1. The SMILES string of the molecule is Cc1ccc2[nH]c(=S)n(Cc3ccno3)c2c1. The lowest BCUT2D eigenvalue weighted by molar-refractivity contribution is 0.377. The van der Waals surface area contributed by atoms with E-state index in [0.717, 1.165) is 16.8 Å². The number of H-pyrrole nitrogens is 1. The van der Waals surface area contributed by atoms with Gasteiger partial charge in [-0.3, -0.25) is 0 Å². The molecule has 0 amide bonds. The number of fused-ring (bicyclic) bond motifs is 1. The van der Waals surface area contributed by atoms with Crippen molar-refractivity contribution in [2.75, 3.05) is 0 Å². The Balaban J connectivity index is 2.17. The van der Waals surface area contributed by atoms with E-state index in [1.807, 2.05) is 16.7 Å². The predicted molar refractivity (Wildman–Crippen MR) is 67.5 cm³/mol. The quantitative estimate of drug-likeness (QED) is 0.706. The molecule has 17 heavy (non-hydrogen) atoms. The molecule has 0 unspecified atom stereocenters. The maximum absolute atomic E-state index is 5.31. The minimum absolute atomic E-state index is 0.599. The first-order valence-corrected chi connectivity index (χ1v) is 5.73. The van der Waals surface area contributed by atoms with Gasteiger partial charge in [-0.2, -0.15) is 0 Å². The maximum atomic E-state index is 5.31. The summed E-state index contributed by atoms with van der Waals surface area (Å²) in [7, 11) is 0. The molecule has 0 fully saturated rings. The average molecular weight is 245 g/mol. The Morgan fingerprint density at radius 1 is 1.41 bits per heavy atom. The van der Waals surface area contributed by atoms with Crippen LogP contribution < -0.4 is 0 Å². The fourth-order valence-electron chi connectivity index (χ4n) is 1.90. The Morgan fingerprint density at radius 2 is 2.29 bits per heavy atom. The van der Waals surface area contributed by atoms with E-state index in [1.165, 1.54) is 5.56 Å². The third-order valence-electron chi connectivity index (χ3n) is 2.74. The zero-order chi connectivity index (χ0) is 11.8. The summed E-state index contributed by atoms with van der Waals surface area (Å²) in [5, 5.41) is 3.70. The summed E-state index contributed by atoms with van der Waals surface area (Å²) in [6, 6.07) is 8.05. The second kappa shape index (κ2) is 3.85. The highest BCUT2D eigenvalue weighted by Gasteiger charge is 2.06. The van der Waals surface area contributed by atoms with Gasteiger partial charge >= 0.3 is 0 Å². The summed E-state index contributed by atoms with van der Waals surface area (Å²) in [4.78, 5) is 3.18. The lowest BCUT2D eigenvalue weighted by Gasteiger charge is -2.01. The van der Waals surface area contributed by atoms with E-state index in [9.17, 15) is 0 Å². The average Bonchev–Trinajstić information content (AvgIpc) is 2.90. The standard InChI is InChI=1S/C12H11N3OS/c1-8-2-3-10-11(6-8)15(12(17)14-10)7-9-4-5-13-16-9/h2-6H,7H2,1H3,(H,14,17). The molecule has 0 aliphatic heterocycles. The number of imidazole rings is 1. The summed E-state index contributed by atoms with van der Waals surface area (Å²) in [6.07, 6.45) is 1.64. The van der Waals surface area contributed by atoms with Crippen molar-refractivity contribution in [2.45, 2.75) is 13.5 Å². The van der Waals surface area contributed by atoms with Gasteiger partial charge in [0, 0.05) is 6.07 Å². The summed E-state index contributed by atoms with van der Waals surface area (Å²) in [5.74, 6) is 0.795. The second-order valence-electron chi connectivity index (χ2n) is 4.02. The summed E-state index contributed by atoms with van der Waals surface area (Å²) < 4.78 is 7.82. The van der Waals surface area contributed by atoms with Crippen molar-refractivity contribution in [3.63, 3.8) is 0 Å². The van der Waals surface area contributed by atoms with Gasteiger partial charge in [-0.1, -0.05) is 11.2 Å². The molecule has 0 aliphatic carbocycles. The highest BCUT2D eigenvalue weighted by molar-refractivity contribution is 7.71. The highest BCUT2D eigenvalue weighted by atomic mass is 32.1. The van der Waals surface area contributed by atoms with E-state index in [2.05, 4.69) is 29.2 Å². The number of rotatable bonds is 2. The Kier molecular flexibility index (Phi) is 2.33. The molecule has 4 nitrogen and oxygen atoms in total. The van der Waals surface area contributed by atoms with Gasteiger partial charge in [-0.25, -0.2) is 0 Å². The lowest BCUT2D eigenvalue weighted by Crippen LogP contribution is -1.98. The van der Waals surface area contributed by atoms with Crippen LogP contribution in [0.5, 0.6) is 0 Å². The third-order valence-corrected chi connectivity index (χ3v) is 3.06. The maximum Gasteiger partial charge on any atom is 0.178 e. The molecule has 3 rings (SSSR count). The number of nitrogens with zero attached hydrogens (tertiary/aromatic N) is 2. The van der Waals surface area contributed by atoms with Crippen LogP contribution >= 0.6 is 12.2 Å². The monoisotopic (exact) mass is 245 g/mol. The van der Waals surface area contributed by atoms with Gasteiger partial charge < -0.3 is 14.1 Å². The highest BCUT2D eigenvalue weighted by Crippen LogP contribution is 2.17. The van der Waals surface area contributed by atoms with Crippen LogP contribution in [0.4, 0.5) is 0 Å². The largest absolute Gasteiger partial charge is 0.359 e. The molecule has 2 heterocycles. The van der Waals surface area contributed by atoms with Gasteiger partial charge in [0.25, 0.3) is 0 Å². The summed E-state index contributed by atoms with van der Waals surface area (Å²) >= 11 is 5.31. The molecule has 1 N–H and O–H groups in total.